The maximum Gasteiger partial charge on any atom is 0.232 e. The van der Waals surface area contributed by atoms with Gasteiger partial charge >= 0.3 is 0 Å². The van der Waals surface area contributed by atoms with Crippen LogP contribution in [0.4, 0.5) is 5.82 Å². The maximum atomic E-state index is 11.4. The average molecular weight is 255 g/mol. The largest absolute Gasteiger partial charge is 0.474 e. The number of amides is 1. The summed E-state index contributed by atoms with van der Waals surface area (Å²) < 4.78 is 5.07. The average Bonchev–Trinajstić information content (AvgIpc) is 2.37. The number of rotatable bonds is 6. The van der Waals surface area contributed by atoms with Crippen LogP contribution >= 0.6 is 0 Å². The first-order valence-corrected chi connectivity index (χ1v) is 5.57. The van der Waals surface area contributed by atoms with Crippen LogP contribution in [-0.4, -0.2) is 45.4 Å². The Kier molecular flexibility index (Phi) is 5.47. The lowest BCUT2D eigenvalue weighted by Crippen LogP contribution is -2.22. The van der Waals surface area contributed by atoms with E-state index in [0.29, 0.717) is 5.82 Å². The number of aliphatic hydroxyl groups is 2. The highest BCUT2D eigenvalue weighted by molar-refractivity contribution is 5.90. The summed E-state index contributed by atoms with van der Waals surface area (Å²) in [7, 11) is 0. The van der Waals surface area contributed by atoms with Crippen molar-refractivity contribution in [2.75, 3.05) is 18.5 Å². The predicted molar refractivity (Wildman–Crippen MR) is 64.1 cm³/mol. The van der Waals surface area contributed by atoms with Crippen LogP contribution < -0.4 is 10.1 Å². The Morgan fingerprint density at radius 1 is 1.44 bits per heavy atom. The summed E-state index contributed by atoms with van der Waals surface area (Å²) in [6.07, 6.45) is 1.74. The molecule has 1 aromatic heterocycles. The van der Waals surface area contributed by atoms with Crippen LogP contribution in [-0.2, 0) is 4.79 Å². The standard InChI is InChI=1S/C11H17N3O4/c1-7(2)11(17)14-9-3-13-10(4-12-9)18-6-8(16)5-15/h3-4,7-8,15-16H,5-6H2,1-2H3,(H,12,14,17)/t8-/m0/s1. The number of hydrogen-bond acceptors (Lipinski definition) is 6. The Morgan fingerprint density at radius 2 is 2.17 bits per heavy atom. The monoisotopic (exact) mass is 255 g/mol. The van der Waals surface area contributed by atoms with Gasteiger partial charge in [0.05, 0.1) is 19.0 Å². The minimum atomic E-state index is -0.952. The molecule has 1 atom stereocenters. The van der Waals surface area contributed by atoms with Gasteiger partial charge in [-0.3, -0.25) is 4.79 Å². The van der Waals surface area contributed by atoms with E-state index in [-0.39, 0.29) is 30.9 Å². The van der Waals surface area contributed by atoms with E-state index in [9.17, 15) is 4.79 Å². The Morgan fingerprint density at radius 3 is 2.67 bits per heavy atom. The number of hydrogen-bond donors (Lipinski definition) is 3. The van der Waals surface area contributed by atoms with Crippen molar-refractivity contribution in [3.63, 3.8) is 0 Å². The van der Waals surface area contributed by atoms with E-state index in [1.807, 2.05) is 0 Å². The Bertz CT molecular complexity index is 380. The third-order valence-electron chi connectivity index (χ3n) is 2.04. The number of anilines is 1. The zero-order chi connectivity index (χ0) is 13.5. The minimum absolute atomic E-state index is 0.0666. The molecule has 0 saturated carbocycles. The number of nitrogens with one attached hydrogen (secondary N) is 1. The van der Waals surface area contributed by atoms with Crippen LogP contribution in [0.1, 0.15) is 13.8 Å². The summed E-state index contributed by atoms with van der Waals surface area (Å²) in [5.41, 5.74) is 0. The highest BCUT2D eigenvalue weighted by Crippen LogP contribution is 2.08. The van der Waals surface area contributed by atoms with Gasteiger partial charge in [-0.15, -0.1) is 0 Å². The van der Waals surface area contributed by atoms with E-state index in [0.717, 1.165) is 0 Å². The molecule has 1 heterocycles. The number of carbonyl (C=O) groups excluding carboxylic acids is 1. The summed E-state index contributed by atoms with van der Waals surface area (Å²) in [5.74, 6) is 0.268. The van der Waals surface area contributed by atoms with Crippen LogP contribution in [0, 0.1) is 5.92 Å². The highest BCUT2D eigenvalue weighted by Gasteiger charge is 2.08. The van der Waals surface area contributed by atoms with Gasteiger partial charge in [0, 0.05) is 5.92 Å². The molecule has 7 nitrogen and oxygen atoms in total. The summed E-state index contributed by atoms with van der Waals surface area (Å²) in [6.45, 7) is 3.10. The molecule has 7 heteroatoms. The molecule has 100 valence electrons. The smallest absolute Gasteiger partial charge is 0.232 e. The molecular weight excluding hydrogens is 238 g/mol. The molecule has 1 amide bonds. The molecule has 0 aliphatic rings. The fourth-order valence-electron chi connectivity index (χ4n) is 0.960. The second kappa shape index (κ2) is 6.87. The number of ether oxygens (including phenoxy) is 1. The van der Waals surface area contributed by atoms with Gasteiger partial charge in [0.25, 0.3) is 0 Å². The van der Waals surface area contributed by atoms with Crippen LogP contribution in [0.15, 0.2) is 12.4 Å². The van der Waals surface area contributed by atoms with Crippen molar-refractivity contribution in [3.8, 4) is 5.88 Å². The SMILES string of the molecule is CC(C)C(=O)Nc1cnc(OC[C@@H](O)CO)cn1. The molecule has 3 N–H and O–H groups in total. The summed E-state index contributed by atoms with van der Waals surface area (Å²) in [4.78, 5) is 19.2. The van der Waals surface area contributed by atoms with E-state index < -0.39 is 6.10 Å². The molecule has 0 aliphatic carbocycles. The predicted octanol–water partition coefficient (Wildman–Crippen LogP) is -0.197. The summed E-state index contributed by atoms with van der Waals surface area (Å²) >= 11 is 0. The first-order chi connectivity index (χ1) is 8.52. The lowest BCUT2D eigenvalue weighted by molar-refractivity contribution is -0.118. The molecule has 0 aromatic carbocycles. The van der Waals surface area contributed by atoms with Gasteiger partial charge in [-0.2, -0.15) is 0 Å². The molecule has 0 aliphatic heterocycles. The van der Waals surface area contributed by atoms with Gasteiger partial charge in [-0.25, -0.2) is 9.97 Å². The zero-order valence-corrected chi connectivity index (χ0v) is 10.3. The lowest BCUT2D eigenvalue weighted by atomic mass is 10.2. The Labute approximate surface area is 105 Å². The third-order valence-corrected chi connectivity index (χ3v) is 2.04. The molecule has 1 rings (SSSR count). The van der Waals surface area contributed by atoms with E-state index in [4.69, 9.17) is 14.9 Å². The van der Waals surface area contributed by atoms with Crippen molar-refractivity contribution in [1.29, 1.82) is 0 Å². The molecule has 18 heavy (non-hydrogen) atoms. The molecule has 0 radical (unpaired) electrons. The van der Waals surface area contributed by atoms with Crippen LogP contribution in [0.3, 0.4) is 0 Å². The highest BCUT2D eigenvalue weighted by atomic mass is 16.5. The number of aliphatic hydroxyl groups excluding tert-OH is 2. The first-order valence-electron chi connectivity index (χ1n) is 5.57. The summed E-state index contributed by atoms with van der Waals surface area (Å²) in [5, 5.41) is 20.3. The minimum Gasteiger partial charge on any atom is -0.474 e. The van der Waals surface area contributed by atoms with Crippen LogP contribution in [0.5, 0.6) is 5.88 Å². The van der Waals surface area contributed by atoms with Crippen molar-refractivity contribution < 1.29 is 19.7 Å². The van der Waals surface area contributed by atoms with Gasteiger partial charge in [0.1, 0.15) is 12.7 Å². The van der Waals surface area contributed by atoms with Gasteiger partial charge in [-0.1, -0.05) is 13.8 Å². The van der Waals surface area contributed by atoms with E-state index >= 15 is 0 Å². The Hall–Kier alpha value is -1.73. The number of nitrogens with zero attached hydrogens (tertiary/aromatic N) is 2. The molecule has 0 saturated heterocycles. The zero-order valence-electron chi connectivity index (χ0n) is 10.3. The molecule has 0 fully saturated rings. The fourth-order valence-corrected chi connectivity index (χ4v) is 0.960. The maximum absolute atomic E-state index is 11.4. The van der Waals surface area contributed by atoms with Crippen LogP contribution in [0.25, 0.3) is 0 Å². The fraction of sp³-hybridized carbons (Fsp3) is 0.545. The number of aromatic nitrogens is 2. The van der Waals surface area contributed by atoms with Gasteiger partial charge < -0.3 is 20.3 Å². The third kappa shape index (κ3) is 4.64. The normalized spacial score (nSPS) is 12.3. The molecule has 0 spiro atoms. The van der Waals surface area contributed by atoms with E-state index in [2.05, 4.69) is 15.3 Å². The second-order valence-electron chi connectivity index (χ2n) is 4.03. The lowest BCUT2D eigenvalue weighted by Gasteiger charge is -2.09. The van der Waals surface area contributed by atoms with Crippen molar-refractivity contribution in [2.24, 2.45) is 5.92 Å². The van der Waals surface area contributed by atoms with Crippen molar-refractivity contribution in [2.45, 2.75) is 20.0 Å². The van der Waals surface area contributed by atoms with Crippen molar-refractivity contribution >= 4 is 11.7 Å². The first kappa shape index (κ1) is 14.3. The van der Waals surface area contributed by atoms with Gasteiger partial charge in [-0.05, 0) is 0 Å². The van der Waals surface area contributed by atoms with Crippen LogP contribution in [0.2, 0.25) is 0 Å². The quantitative estimate of drug-likeness (QED) is 0.650. The van der Waals surface area contributed by atoms with Gasteiger partial charge in [0.15, 0.2) is 5.82 Å². The van der Waals surface area contributed by atoms with Gasteiger partial charge in [0.2, 0.25) is 11.8 Å². The molecular formula is C11H17N3O4. The molecule has 0 bridgehead atoms. The summed E-state index contributed by atoms with van der Waals surface area (Å²) in [6, 6.07) is 0. The van der Waals surface area contributed by atoms with E-state index in [1.54, 1.807) is 13.8 Å². The molecule has 1 aromatic rings. The Balaban J connectivity index is 2.50. The second-order valence-corrected chi connectivity index (χ2v) is 4.03. The van der Waals surface area contributed by atoms with E-state index in [1.165, 1.54) is 12.4 Å². The number of carbonyl (C=O) groups is 1. The van der Waals surface area contributed by atoms with Crippen molar-refractivity contribution in [3.05, 3.63) is 12.4 Å². The van der Waals surface area contributed by atoms with Crippen molar-refractivity contribution in [1.82, 2.24) is 9.97 Å². The molecule has 0 unspecified atom stereocenters. The topological polar surface area (TPSA) is 105 Å².